The van der Waals surface area contributed by atoms with Crippen molar-refractivity contribution in [2.24, 2.45) is 0 Å². The van der Waals surface area contributed by atoms with E-state index in [0.29, 0.717) is 22.2 Å². The number of nitrogens with one attached hydrogen (secondary N) is 1. The third-order valence-corrected chi connectivity index (χ3v) is 3.46. The van der Waals surface area contributed by atoms with Crippen LogP contribution in [0.5, 0.6) is 0 Å². The van der Waals surface area contributed by atoms with E-state index in [2.05, 4.69) is 5.32 Å². The molecule has 0 saturated carbocycles. The maximum atomic E-state index is 12.0. The molecule has 0 heterocycles. The van der Waals surface area contributed by atoms with Gasteiger partial charge < -0.3 is 5.32 Å². The summed E-state index contributed by atoms with van der Waals surface area (Å²) >= 11 is 11.7. The summed E-state index contributed by atoms with van der Waals surface area (Å²) in [7, 11) is 0. The average Bonchev–Trinajstić information content (AvgIpc) is 2.39. The molecule has 0 unspecified atom stereocenters. The maximum Gasteiger partial charge on any atom is 0.251 e. The van der Waals surface area contributed by atoms with Gasteiger partial charge in [-0.05, 0) is 30.7 Å². The maximum absolute atomic E-state index is 12.0. The number of halogens is 2. The summed E-state index contributed by atoms with van der Waals surface area (Å²) in [6.45, 7) is 2.51. The van der Waals surface area contributed by atoms with Crippen molar-refractivity contribution in [3.8, 4) is 0 Å². The van der Waals surface area contributed by atoms with Crippen molar-refractivity contribution in [2.75, 3.05) is 0 Å². The summed E-state index contributed by atoms with van der Waals surface area (Å²) in [5.41, 5.74) is 2.73. The van der Waals surface area contributed by atoms with Crippen LogP contribution in [0.25, 0.3) is 0 Å². The van der Waals surface area contributed by atoms with Gasteiger partial charge in [-0.2, -0.15) is 0 Å². The zero-order chi connectivity index (χ0) is 13.8. The SMILES string of the molecule is Cc1cccc(CNC(=O)c2ccc(Cl)c(Cl)c2)c1. The second kappa shape index (κ2) is 6.09. The summed E-state index contributed by atoms with van der Waals surface area (Å²) in [5, 5.41) is 3.67. The Kier molecular flexibility index (Phi) is 4.46. The van der Waals surface area contributed by atoms with E-state index in [9.17, 15) is 4.79 Å². The molecule has 2 nitrogen and oxygen atoms in total. The van der Waals surface area contributed by atoms with E-state index >= 15 is 0 Å². The first-order chi connectivity index (χ1) is 9.06. The number of amides is 1. The number of carbonyl (C=O) groups is 1. The molecule has 4 heteroatoms. The van der Waals surface area contributed by atoms with Crippen molar-refractivity contribution < 1.29 is 4.79 Å². The predicted octanol–water partition coefficient (Wildman–Crippen LogP) is 4.23. The summed E-state index contributed by atoms with van der Waals surface area (Å²) < 4.78 is 0. The second-order valence-corrected chi connectivity index (χ2v) is 5.12. The number of benzene rings is 2. The fourth-order valence-electron chi connectivity index (χ4n) is 1.74. The van der Waals surface area contributed by atoms with Crippen molar-refractivity contribution in [3.05, 3.63) is 69.2 Å². The Hall–Kier alpha value is -1.51. The summed E-state index contributed by atoms with van der Waals surface area (Å²) in [6.07, 6.45) is 0. The Labute approximate surface area is 122 Å². The topological polar surface area (TPSA) is 29.1 Å². The van der Waals surface area contributed by atoms with Gasteiger partial charge in [0, 0.05) is 12.1 Å². The first-order valence-corrected chi connectivity index (χ1v) is 6.60. The highest BCUT2D eigenvalue weighted by Gasteiger charge is 2.07. The van der Waals surface area contributed by atoms with Crippen LogP contribution in [0.4, 0.5) is 0 Å². The second-order valence-electron chi connectivity index (χ2n) is 4.30. The lowest BCUT2D eigenvalue weighted by molar-refractivity contribution is 0.0951. The third-order valence-electron chi connectivity index (χ3n) is 2.72. The quantitative estimate of drug-likeness (QED) is 0.901. The highest BCUT2D eigenvalue weighted by molar-refractivity contribution is 6.42. The minimum absolute atomic E-state index is 0.167. The molecule has 0 spiro atoms. The Morgan fingerprint density at radius 2 is 1.89 bits per heavy atom. The highest BCUT2D eigenvalue weighted by atomic mass is 35.5. The third kappa shape index (κ3) is 3.72. The van der Waals surface area contributed by atoms with Gasteiger partial charge in [0.15, 0.2) is 0 Å². The summed E-state index contributed by atoms with van der Waals surface area (Å²) in [4.78, 5) is 12.0. The van der Waals surface area contributed by atoms with Gasteiger partial charge in [-0.3, -0.25) is 4.79 Å². The Morgan fingerprint density at radius 1 is 1.11 bits per heavy atom. The zero-order valence-corrected chi connectivity index (χ0v) is 11.9. The van der Waals surface area contributed by atoms with E-state index in [0.717, 1.165) is 5.56 Å². The number of rotatable bonds is 3. The molecule has 1 amide bonds. The average molecular weight is 294 g/mol. The van der Waals surface area contributed by atoms with Crippen LogP contribution >= 0.6 is 23.2 Å². The van der Waals surface area contributed by atoms with Crippen molar-refractivity contribution in [3.63, 3.8) is 0 Å². The van der Waals surface area contributed by atoms with E-state index in [1.807, 2.05) is 31.2 Å². The van der Waals surface area contributed by atoms with Gasteiger partial charge in [0.05, 0.1) is 10.0 Å². The van der Waals surface area contributed by atoms with Crippen molar-refractivity contribution in [1.82, 2.24) is 5.32 Å². The molecular formula is C15H13Cl2NO. The number of carbonyl (C=O) groups excluding carboxylic acids is 1. The van der Waals surface area contributed by atoms with Gasteiger partial charge in [0.25, 0.3) is 5.91 Å². The van der Waals surface area contributed by atoms with E-state index in [1.165, 1.54) is 5.56 Å². The molecule has 0 aromatic heterocycles. The van der Waals surface area contributed by atoms with Gasteiger partial charge in [-0.15, -0.1) is 0 Å². The first kappa shape index (κ1) is 13.9. The molecule has 1 N–H and O–H groups in total. The number of aryl methyl sites for hydroxylation is 1. The van der Waals surface area contributed by atoms with Crippen molar-refractivity contribution >= 4 is 29.1 Å². The standard InChI is InChI=1S/C15H13Cl2NO/c1-10-3-2-4-11(7-10)9-18-15(19)12-5-6-13(16)14(17)8-12/h2-8H,9H2,1H3,(H,18,19). The first-order valence-electron chi connectivity index (χ1n) is 5.85. The normalized spacial score (nSPS) is 10.3. The summed E-state index contributed by atoms with van der Waals surface area (Å²) in [6, 6.07) is 12.8. The van der Waals surface area contributed by atoms with Crippen LogP contribution in [0.3, 0.4) is 0 Å². The Bertz CT molecular complexity index is 611. The molecule has 2 rings (SSSR count). The lowest BCUT2D eigenvalue weighted by Crippen LogP contribution is -2.22. The Balaban J connectivity index is 2.03. The summed E-state index contributed by atoms with van der Waals surface area (Å²) in [5.74, 6) is -0.167. The Morgan fingerprint density at radius 3 is 2.58 bits per heavy atom. The highest BCUT2D eigenvalue weighted by Crippen LogP contribution is 2.22. The van der Waals surface area contributed by atoms with Crippen LogP contribution in [0.1, 0.15) is 21.5 Å². The van der Waals surface area contributed by atoms with Crippen LogP contribution in [-0.2, 0) is 6.54 Å². The van der Waals surface area contributed by atoms with Crippen LogP contribution in [0, 0.1) is 6.92 Å². The van der Waals surface area contributed by atoms with E-state index < -0.39 is 0 Å². The molecular weight excluding hydrogens is 281 g/mol. The lowest BCUT2D eigenvalue weighted by Gasteiger charge is -2.07. The number of hydrogen-bond acceptors (Lipinski definition) is 1. The van der Waals surface area contributed by atoms with Crippen LogP contribution in [0.2, 0.25) is 10.0 Å². The molecule has 0 fully saturated rings. The largest absolute Gasteiger partial charge is 0.348 e. The molecule has 0 aliphatic heterocycles. The molecule has 98 valence electrons. The fourth-order valence-corrected chi connectivity index (χ4v) is 2.04. The van der Waals surface area contributed by atoms with Gasteiger partial charge in [0.1, 0.15) is 0 Å². The smallest absolute Gasteiger partial charge is 0.251 e. The van der Waals surface area contributed by atoms with E-state index in [1.54, 1.807) is 18.2 Å². The number of hydrogen-bond donors (Lipinski definition) is 1. The molecule has 0 bridgehead atoms. The molecule has 0 saturated heterocycles. The lowest BCUT2D eigenvalue weighted by atomic mass is 10.1. The predicted molar refractivity (Wildman–Crippen MR) is 78.8 cm³/mol. The van der Waals surface area contributed by atoms with E-state index in [-0.39, 0.29) is 5.91 Å². The van der Waals surface area contributed by atoms with Crippen LogP contribution in [-0.4, -0.2) is 5.91 Å². The van der Waals surface area contributed by atoms with Gasteiger partial charge in [-0.1, -0.05) is 53.0 Å². The van der Waals surface area contributed by atoms with Crippen LogP contribution in [0.15, 0.2) is 42.5 Å². The molecule has 0 aliphatic rings. The van der Waals surface area contributed by atoms with Crippen molar-refractivity contribution in [2.45, 2.75) is 13.5 Å². The zero-order valence-electron chi connectivity index (χ0n) is 10.4. The molecule has 0 radical (unpaired) electrons. The van der Waals surface area contributed by atoms with Gasteiger partial charge >= 0.3 is 0 Å². The molecule has 19 heavy (non-hydrogen) atoms. The molecule has 0 aliphatic carbocycles. The van der Waals surface area contributed by atoms with Crippen molar-refractivity contribution in [1.29, 1.82) is 0 Å². The van der Waals surface area contributed by atoms with Gasteiger partial charge in [-0.25, -0.2) is 0 Å². The van der Waals surface area contributed by atoms with Gasteiger partial charge in [0.2, 0.25) is 0 Å². The molecule has 2 aromatic rings. The monoisotopic (exact) mass is 293 g/mol. The minimum Gasteiger partial charge on any atom is -0.348 e. The minimum atomic E-state index is -0.167. The molecule has 2 aromatic carbocycles. The molecule has 0 atom stereocenters. The van der Waals surface area contributed by atoms with E-state index in [4.69, 9.17) is 23.2 Å². The van der Waals surface area contributed by atoms with Crippen LogP contribution < -0.4 is 5.32 Å². The fraction of sp³-hybridized carbons (Fsp3) is 0.133.